The van der Waals surface area contributed by atoms with E-state index in [1.807, 2.05) is 19.1 Å². The minimum Gasteiger partial charge on any atom is -0.487 e. The Morgan fingerprint density at radius 2 is 1.85 bits per heavy atom. The molecule has 0 atom stereocenters. The smallest absolute Gasteiger partial charge is 0.411 e. The molecule has 1 N–H and O–H groups in total. The molecule has 0 unspecified atom stereocenters. The lowest BCUT2D eigenvalue weighted by Gasteiger charge is -2.10. The van der Waals surface area contributed by atoms with Gasteiger partial charge >= 0.3 is 6.09 Å². The van der Waals surface area contributed by atoms with Crippen molar-refractivity contribution >= 4 is 56.0 Å². The van der Waals surface area contributed by atoms with Crippen LogP contribution in [0.3, 0.4) is 0 Å². The fourth-order valence-electron chi connectivity index (χ4n) is 3.73. The van der Waals surface area contributed by atoms with Crippen molar-refractivity contribution in [1.29, 1.82) is 0 Å². The number of amides is 1. The van der Waals surface area contributed by atoms with Crippen LogP contribution in [0.5, 0.6) is 17.5 Å². The number of aromatic nitrogens is 4. The van der Waals surface area contributed by atoms with Crippen molar-refractivity contribution in [2.24, 2.45) is 0 Å². The lowest BCUT2D eigenvalue weighted by Crippen LogP contribution is -2.18. The number of methoxy groups -OCH3 is 2. The molecule has 0 spiro atoms. The Morgan fingerprint density at radius 3 is 2.59 bits per heavy atom. The maximum atomic E-state index is 15.0. The summed E-state index contributed by atoms with van der Waals surface area (Å²) in [5, 5.41) is 2.96. The average Bonchev–Trinajstić information content (AvgIpc) is 3.37. The van der Waals surface area contributed by atoms with Gasteiger partial charge in [0.1, 0.15) is 28.8 Å². The van der Waals surface area contributed by atoms with Crippen LogP contribution in [0.1, 0.15) is 5.56 Å². The van der Waals surface area contributed by atoms with Crippen LogP contribution in [0.2, 0.25) is 5.02 Å². The molecule has 0 bridgehead atoms. The van der Waals surface area contributed by atoms with Crippen molar-refractivity contribution in [2.75, 3.05) is 32.8 Å². The van der Waals surface area contributed by atoms with Gasteiger partial charge in [-0.05, 0) is 30.7 Å². The molecule has 10 nitrogen and oxygen atoms in total. The Morgan fingerprint density at radius 1 is 1.03 bits per heavy atom. The first-order chi connectivity index (χ1) is 18.9. The molecule has 0 aliphatic carbocycles. The molecule has 1 amide bonds. The Hall–Kier alpha value is -4.29. The number of halogens is 2. The van der Waals surface area contributed by atoms with Gasteiger partial charge in [-0.3, -0.25) is 5.32 Å². The zero-order valence-corrected chi connectivity index (χ0v) is 22.5. The minimum atomic E-state index is -0.756. The largest absolute Gasteiger partial charge is 0.487 e. The summed E-state index contributed by atoms with van der Waals surface area (Å²) in [6, 6.07) is 8.57. The van der Waals surface area contributed by atoms with Gasteiger partial charge in [0, 0.05) is 17.7 Å². The Kier molecular flexibility index (Phi) is 7.57. The first kappa shape index (κ1) is 26.3. The third-order valence-electron chi connectivity index (χ3n) is 5.51. The van der Waals surface area contributed by atoms with Crippen molar-refractivity contribution in [1.82, 2.24) is 19.9 Å². The number of ether oxygens (including phenoxy) is 4. The van der Waals surface area contributed by atoms with E-state index in [9.17, 15) is 4.79 Å². The topological polar surface area (TPSA) is 118 Å². The van der Waals surface area contributed by atoms with E-state index in [1.165, 1.54) is 44.0 Å². The first-order valence-corrected chi connectivity index (χ1v) is 12.7. The van der Waals surface area contributed by atoms with Gasteiger partial charge in [-0.2, -0.15) is 0 Å². The van der Waals surface area contributed by atoms with Crippen LogP contribution in [-0.4, -0.2) is 53.5 Å². The summed E-state index contributed by atoms with van der Waals surface area (Å²) in [5.41, 5.74) is 3.71. The zero-order chi connectivity index (χ0) is 27.5. The summed E-state index contributed by atoms with van der Waals surface area (Å²) >= 11 is 7.65. The molecule has 0 radical (unpaired) electrons. The molecular weight excluding hydrogens is 549 g/mol. The Labute approximate surface area is 230 Å². The molecule has 0 fully saturated rings. The average molecular weight is 570 g/mol. The van der Waals surface area contributed by atoms with Crippen LogP contribution in [0.25, 0.3) is 31.8 Å². The lowest BCUT2D eigenvalue weighted by atomic mass is 10.1. The molecule has 5 rings (SSSR count). The van der Waals surface area contributed by atoms with Gasteiger partial charge in [-0.15, -0.1) is 11.3 Å². The highest BCUT2D eigenvalue weighted by atomic mass is 35.5. The van der Waals surface area contributed by atoms with E-state index in [2.05, 4.69) is 25.3 Å². The van der Waals surface area contributed by atoms with Gasteiger partial charge < -0.3 is 18.9 Å². The predicted molar refractivity (Wildman–Crippen MR) is 146 cm³/mol. The summed E-state index contributed by atoms with van der Waals surface area (Å²) in [4.78, 5) is 29.5. The number of hydrogen-bond donors (Lipinski definition) is 1. The second-order valence-corrected chi connectivity index (χ2v) is 9.57. The Balaban J connectivity index is 1.30. The van der Waals surface area contributed by atoms with Crippen LogP contribution in [0, 0.1) is 12.7 Å². The number of carbonyl (C=O) groups excluding carboxylic acids is 1. The summed E-state index contributed by atoms with van der Waals surface area (Å²) < 4.78 is 36.4. The highest BCUT2D eigenvalue weighted by Crippen LogP contribution is 2.40. The SMILES string of the molecule is COc1ccc(NC(=O)OCCOc2cc3sc(-c4cc(C)cc5nc(OC)cnc45)nc3c(Cl)c2F)cn1. The molecule has 200 valence electrons. The quantitative estimate of drug-likeness (QED) is 0.223. The molecule has 39 heavy (non-hydrogen) atoms. The molecule has 13 heteroatoms. The fraction of sp³-hybridized carbons (Fsp3) is 0.192. The molecule has 0 aliphatic rings. The second kappa shape index (κ2) is 11.2. The number of fused-ring (bicyclic) bond motifs is 2. The highest BCUT2D eigenvalue weighted by molar-refractivity contribution is 7.21. The summed E-state index contributed by atoms with van der Waals surface area (Å²) in [7, 11) is 3.02. The van der Waals surface area contributed by atoms with Gasteiger partial charge in [-0.1, -0.05) is 11.6 Å². The number of carbonyl (C=O) groups is 1. The number of rotatable bonds is 8. The third kappa shape index (κ3) is 5.61. The lowest BCUT2D eigenvalue weighted by molar-refractivity contribution is 0.136. The van der Waals surface area contributed by atoms with Gasteiger partial charge in [0.05, 0.1) is 48.0 Å². The van der Waals surface area contributed by atoms with E-state index in [4.69, 9.17) is 30.5 Å². The maximum absolute atomic E-state index is 15.0. The van der Waals surface area contributed by atoms with Crippen molar-refractivity contribution in [3.8, 4) is 28.1 Å². The molecule has 2 aromatic carbocycles. The normalized spacial score (nSPS) is 11.0. The maximum Gasteiger partial charge on any atom is 0.411 e. The number of nitrogens with zero attached hydrogens (tertiary/aromatic N) is 4. The molecular formula is C26H21ClFN5O5S. The van der Waals surface area contributed by atoms with Crippen molar-refractivity contribution in [2.45, 2.75) is 6.92 Å². The van der Waals surface area contributed by atoms with E-state index >= 15 is 4.39 Å². The van der Waals surface area contributed by atoms with Crippen LogP contribution in [-0.2, 0) is 4.74 Å². The molecule has 0 aliphatic heterocycles. The van der Waals surface area contributed by atoms with E-state index in [0.717, 1.165) is 11.1 Å². The zero-order valence-electron chi connectivity index (χ0n) is 20.9. The van der Waals surface area contributed by atoms with E-state index in [0.29, 0.717) is 43.7 Å². The number of nitrogens with one attached hydrogen (secondary N) is 1. The van der Waals surface area contributed by atoms with Gasteiger partial charge in [0.2, 0.25) is 11.8 Å². The summed E-state index contributed by atoms with van der Waals surface area (Å²) in [6.07, 6.45) is 2.25. The number of benzene rings is 2. The second-order valence-electron chi connectivity index (χ2n) is 8.16. The van der Waals surface area contributed by atoms with Crippen LogP contribution in [0.15, 0.2) is 42.7 Å². The van der Waals surface area contributed by atoms with Crippen molar-refractivity contribution < 1.29 is 28.1 Å². The highest BCUT2D eigenvalue weighted by Gasteiger charge is 2.20. The summed E-state index contributed by atoms with van der Waals surface area (Å²) in [6.45, 7) is 1.71. The predicted octanol–water partition coefficient (Wildman–Crippen LogP) is 6.05. The van der Waals surface area contributed by atoms with E-state index in [-0.39, 0.29) is 24.0 Å². The summed E-state index contributed by atoms with van der Waals surface area (Å²) in [5.74, 6) is -0.0258. The van der Waals surface area contributed by atoms with E-state index < -0.39 is 11.9 Å². The molecule has 0 saturated heterocycles. The minimum absolute atomic E-state index is 0.0790. The number of hydrogen-bond acceptors (Lipinski definition) is 10. The molecule has 5 aromatic rings. The number of aryl methyl sites for hydroxylation is 1. The monoisotopic (exact) mass is 569 g/mol. The Bertz CT molecular complexity index is 1680. The van der Waals surface area contributed by atoms with Crippen LogP contribution < -0.4 is 19.5 Å². The number of pyridine rings is 1. The van der Waals surface area contributed by atoms with Gasteiger partial charge in [0.15, 0.2) is 11.6 Å². The van der Waals surface area contributed by atoms with E-state index in [1.54, 1.807) is 12.1 Å². The van der Waals surface area contributed by atoms with Crippen molar-refractivity contribution in [3.05, 3.63) is 59.1 Å². The first-order valence-electron chi connectivity index (χ1n) is 11.5. The molecule has 3 heterocycles. The van der Waals surface area contributed by atoms with Gasteiger partial charge in [-0.25, -0.2) is 29.1 Å². The molecule has 3 aromatic heterocycles. The van der Waals surface area contributed by atoms with Crippen molar-refractivity contribution in [3.63, 3.8) is 0 Å². The fourth-order valence-corrected chi connectivity index (χ4v) is 5.04. The number of anilines is 1. The molecule has 0 saturated carbocycles. The number of thiazole rings is 1. The standard InChI is InChI=1S/C26H21ClFN5O5S/c1-13-8-15(23-16(9-13)32-20(36-3)12-30-23)25-33-24-18(39-25)10-17(22(28)21(24)27)37-6-7-38-26(34)31-14-4-5-19(35-2)29-11-14/h4-5,8-12H,6-7H2,1-3H3,(H,31,34). The third-order valence-corrected chi connectivity index (χ3v) is 6.89. The van der Waals surface area contributed by atoms with Crippen LogP contribution in [0.4, 0.5) is 14.9 Å². The van der Waals surface area contributed by atoms with Gasteiger partial charge in [0.25, 0.3) is 0 Å². The van der Waals surface area contributed by atoms with Crippen LogP contribution >= 0.6 is 22.9 Å².